The van der Waals surface area contributed by atoms with Gasteiger partial charge in [-0.25, -0.2) is 0 Å². The van der Waals surface area contributed by atoms with Gasteiger partial charge in [0.2, 0.25) is 0 Å². The van der Waals surface area contributed by atoms with Gasteiger partial charge in [0.05, 0.1) is 11.6 Å². The smallest absolute Gasteiger partial charge is 0.140 e. The van der Waals surface area contributed by atoms with Crippen molar-refractivity contribution in [1.82, 2.24) is 0 Å². The molecule has 0 unspecified atom stereocenters. The zero-order valence-corrected chi connectivity index (χ0v) is 9.30. The Labute approximate surface area is 89.8 Å². The summed E-state index contributed by atoms with van der Waals surface area (Å²) in [6.45, 7) is 3.33. The quantitative estimate of drug-likeness (QED) is 0.702. The molecule has 78 valence electrons. The van der Waals surface area contributed by atoms with E-state index in [4.69, 9.17) is 21.1 Å². The molecule has 2 nitrogen and oxygen atoms in total. The molecule has 1 aromatic carbocycles. The van der Waals surface area contributed by atoms with Crippen LogP contribution in [0.3, 0.4) is 0 Å². The van der Waals surface area contributed by atoms with Crippen molar-refractivity contribution in [3.05, 3.63) is 28.8 Å². The topological polar surface area (TPSA) is 18.5 Å². The van der Waals surface area contributed by atoms with E-state index >= 15 is 0 Å². The first-order valence-electron chi connectivity index (χ1n) is 4.62. The van der Waals surface area contributed by atoms with Crippen molar-refractivity contribution in [2.45, 2.75) is 13.3 Å². The Morgan fingerprint density at radius 1 is 1.29 bits per heavy atom. The van der Waals surface area contributed by atoms with Crippen LogP contribution in [0.5, 0.6) is 5.75 Å². The zero-order chi connectivity index (χ0) is 10.4. The number of methoxy groups -OCH3 is 1. The SMILES string of the molecule is COCCCOc1c(C)cccc1Cl. The summed E-state index contributed by atoms with van der Waals surface area (Å²) in [6, 6.07) is 5.73. The molecule has 0 aliphatic heterocycles. The van der Waals surface area contributed by atoms with Gasteiger partial charge < -0.3 is 9.47 Å². The number of hydrogen-bond acceptors (Lipinski definition) is 2. The first-order chi connectivity index (χ1) is 6.75. The molecule has 0 aliphatic carbocycles. The van der Waals surface area contributed by atoms with E-state index in [1.807, 2.05) is 25.1 Å². The van der Waals surface area contributed by atoms with Gasteiger partial charge in [-0.2, -0.15) is 0 Å². The van der Waals surface area contributed by atoms with Crippen molar-refractivity contribution in [2.75, 3.05) is 20.3 Å². The molecular formula is C11H15ClO2. The average molecular weight is 215 g/mol. The summed E-state index contributed by atoms with van der Waals surface area (Å²) in [5.41, 5.74) is 1.06. The third-order valence-corrected chi connectivity index (χ3v) is 2.20. The van der Waals surface area contributed by atoms with Crippen LogP contribution in [0.25, 0.3) is 0 Å². The number of rotatable bonds is 5. The van der Waals surface area contributed by atoms with Crippen LogP contribution >= 0.6 is 11.6 Å². The van der Waals surface area contributed by atoms with Gasteiger partial charge in [0, 0.05) is 20.1 Å². The molecule has 0 saturated carbocycles. The van der Waals surface area contributed by atoms with E-state index in [1.165, 1.54) is 0 Å². The molecule has 0 aromatic heterocycles. The van der Waals surface area contributed by atoms with Crippen LogP contribution in [0.2, 0.25) is 5.02 Å². The Morgan fingerprint density at radius 2 is 2.07 bits per heavy atom. The molecular weight excluding hydrogens is 200 g/mol. The molecule has 0 atom stereocenters. The van der Waals surface area contributed by atoms with Gasteiger partial charge in [-0.3, -0.25) is 0 Å². The van der Waals surface area contributed by atoms with Crippen molar-refractivity contribution in [1.29, 1.82) is 0 Å². The number of hydrogen-bond donors (Lipinski definition) is 0. The maximum Gasteiger partial charge on any atom is 0.140 e. The maximum atomic E-state index is 5.99. The van der Waals surface area contributed by atoms with Gasteiger partial charge in [0.25, 0.3) is 0 Å². The molecule has 14 heavy (non-hydrogen) atoms. The van der Waals surface area contributed by atoms with Crippen LogP contribution in [-0.4, -0.2) is 20.3 Å². The minimum Gasteiger partial charge on any atom is -0.492 e. The van der Waals surface area contributed by atoms with Crippen molar-refractivity contribution in [2.24, 2.45) is 0 Å². The van der Waals surface area contributed by atoms with Crippen molar-refractivity contribution >= 4 is 11.6 Å². The second-order valence-electron chi connectivity index (χ2n) is 3.08. The Balaban J connectivity index is 2.49. The monoisotopic (exact) mass is 214 g/mol. The third-order valence-electron chi connectivity index (χ3n) is 1.90. The summed E-state index contributed by atoms with van der Waals surface area (Å²) in [6.07, 6.45) is 0.876. The Hall–Kier alpha value is -0.730. The fourth-order valence-electron chi connectivity index (χ4n) is 1.18. The van der Waals surface area contributed by atoms with E-state index in [2.05, 4.69) is 0 Å². The fraction of sp³-hybridized carbons (Fsp3) is 0.455. The molecule has 1 rings (SSSR count). The van der Waals surface area contributed by atoms with Gasteiger partial charge in [-0.05, 0) is 18.6 Å². The Morgan fingerprint density at radius 3 is 2.71 bits per heavy atom. The van der Waals surface area contributed by atoms with E-state index in [1.54, 1.807) is 7.11 Å². The highest BCUT2D eigenvalue weighted by molar-refractivity contribution is 6.32. The van der Waals surface area contributed by atoms with E-state index < -0.39 is 0 Å². The molecule has 0 aliphatic rings. The molecule has 0 spiro atoms. The lowest BCUT2D eigenvalue weighted by Crippen LogP contribution is -2.02. The third kappa shape index (κ3) is 3.20. The van der Waals surface area contributed by atoms with Crippen molar-refractivity contribution < 1.29 is 9.47 Å². The number of benzene rings is 1. The molecule has 0 amide bonds. The molecule has 1 aromatic rings. The second kappa shape index (κ2) is 5.89. The van der Waals surface area contributed by atoms with Gasteiger partial charge >= 0.3 is 0 Å². The lowest BCUT2D eigenvalue weighted by molar-refractivity contribution is 0.172. The first kappa shape index (κ1) is 11.3. The van der Waals surface area contributed by atoms with Gasteiger partial charge in [0.1, 0.15) is 5.75 Å². The van der Waals surface area contributed by atoms with Gasteiger partial charge in [-0.1, -0.05) is 23.7 Å². The minimum atomic E-state index is 0.637. The second-order valence-corrected chi connectivity index (χ2v) is 3.49. The summed E-state index contributed by atoms with van der Waals surface area (Å²) >= 11 is 5.99. The Kier molecular flexibility index (Phi) is 4.77. The molecule has 0 radical (unpaired) electrons. The number of ether oxygens (including phenoxy) is 2. The summed E-state index contributed by atoms with van der Waals surface area (Å²) in [7, 11) is 1.68. The molecule has 0 heterocycles. The predicted octanol–water partition coefficient (Wildman–Crippen LogP) is 3.06. The molecule has 3 heteroatoms. The zero-order valence-electron chi connectivity index (χ0n) is 8.55. The highest BCUT2D eigenvalue weighted by atomic mass is 35.5. The minimum absolute atomic E-state index is 0.637. The number of halogens is 1. The molecule has 0 bridgehead atoms. The molecule has 0 saturated heterocycles. The maximum absolute atomic E-state index is 5.99. The van der Waals surface area contributed by atoms with Crippen LogP contribution in [0.15, 0.2) is 18.2 Å². The van der Waals surface area contributed by atoms with Crippen LogP contribution in [0.1, 0.15) is 12.0 Å². The number of aryl methyl sites for hydroxylation is 1. The van der Waals surface area contributed by atoms with Crippen molar-refractivity contribution in [3.63, 3.8) is 0 Å². The van der Waals surface area contributed by atoms with Gasteiger partial charge in [-0.15, -0.1) is 0 Å². The average Bonchev–Trinajstić information content (AvgIpc) is 2.16. The van der Waals surface area contributed by atoms with E-state index in [-0.39, 0.29) is 0 Å². The summed E-state index contributed by atoms with van der Waals surface area (Å²) in [5.74, 6) is 0.783. The summed E-state index contributed by atoms with van der Waals surface area (Å²) in [5, 5.41) is 0.669. The standard InChI is InChI=1S/C11H15ClO2/c1-9-5-3-6-10(12)11(9)14-8-4-7-13-2/h3,5-6H,4,7-8H2,1-2H3. The lowest BCUT2D eigenvalue weighted by atomic mass is 10.2. The van der Waals surface area contributed by atoms with Gasteiger partial charge in [0.15, 0.2) is 0 Å². The van der Waals surface area contributed by atoms with Crippen LogP contribution in [0.4, 0.5) is 0 Å². The Bertz CT molecular complexity index is 266. The highest BCUT2D eigenvalue weighted by Gasteiger charge is 2.03. The number of para-hydroxylation sites is 1. The first-order valence-corrected chi connectivity index (χ1v) is 5.00. The largest absolute Gasteiger partial charge is 0.492 e. The fourth-order valence-corrected chi connectivity index (χ4v) is 1.45. The predicted molar refractivity (Wildman–Crippen MR) is 58.2 cm³/mol. The lowest BCUT2D eigenvalue weighted by Gasteiger charge is -2.10. The van der Waals surface area contributed by atoms with E-state index in [0.717, 1.165) is 17.7 Å². The summed E-state index contributed by atoms with van der Waals surface area (Å²) in [4.78, 5) is 0. The van der Waals surface area contributed by atoms with Crippen molar-refractivity contribution in [3.8, 4) is 5.75 Å². The van der Waals surface area contributed by atoms with E-state index in [9.17, 15) is 0 Å². The van der Waals surface area contributed by atoms with Crippen LogP contribution < -0.4 is 4.74 Å². The summed E-state index contributed by atoms with van der Waals surface area (Å²) < 4.78 is 10.5. The van der Waals surface area contributed by atoms with Crippen LogP contribution in [0, 0.1) is 6.92 Å². The molecule has 0 fully saturated rings. The molecule has 0 N–H and O–H groups in total. The van der Waals surface area contributed by atoms with E-state index in [0.29, 0.717) is 18.2 Å². The normalized spacial score (nSPS) is 10.2. The van der Waals surface area contributed by atoms with Crippen LogP contribution in [-0.2, 0) is 4.74 Å². The highest BCUT2D eigenvalue weighted by Crippen LogP contribution is 2.27.